The van der Waals surface area contributed by atoms with Crippen molar-refractivity contribution in [1.29, 1.82) is 0 Å². The average molecular weight is 778 g/mol. The Bertz CT molecular complexity index is 1680. The van der Waals surface area contributed by atoms with Gasteiger partial charge in [0.2, 0.25) is 5.91 Å². The van der Waals surface area contributed by atoms with Crippen LogP contribution in [0.3, 0.4) is 0 Å². The Balaban J connectivity index is 1.59. The number of amides is 1. The zero-order valence-electron chi connectivity index (χ0n) is 27.8. The number of phosphoric acid groups is 3. The fraction of sp³-hybridized carbons (Fsp3) is 0.708. The maximum Gasteiger partial charge on any atom is 0.481 e. The van der Waals surface area contributed by atoms with Crippen LogP contribution in [-0.2, 0) is 45.9 Å². The van der Waals surface area contributed by atoms with E-state index in [0.717, 1.165) is 17.2 Å². The van der Waals surface area contributed by atoms with E-state index in [9.17, 15) is 48.3 Å². The molecule has 1 aliphatic heterocycles. The quantitative estimate of drug-likeness (QED) is 0.0615. The Morgan fingerprint density at radius 2 is 1.74 bits per heavy atom. The number of nitrogens with one attached hydrogen (secondary N) is 1. The molecule has 1 aliphatic rings. The molecule has 9 N–H and O–H groups in total. The molecule has 1 saturated heterocycles. The molecule has 7 atom stereocenters. The van der Waals surface area contributed by atoms with Gasteiger partial charge < -0.3 is 50.4 Å². The summed E-state index contributed by atoms with van der Waals surface area (Å²) in [5.41, 5.74) is 4.43. The highest BCUT2D eigenvalue weighted by Gasteiger charge is 2.50. The van der Waals surface area contributed by atoms with Crippen molar-refractivity contribution in [2.45, 2.75) is 84.2 Å². The van der Waals surface area contributed by atoms with Crippen molar-refractivity contribution < 1.29 is 75.7 Å². The van der Waals surface area contributed by atoms with E-state index in [-0.39, 0.29) is 23.5 Å². The Morgan fingerprint density at radius 1 is 1.10 bits per heavy atom. The van der Waals surface area contributed by atoms with Gasteiger partial charge in [-0.15, -0.1) is 0 Å². The highest BCUT2D eigenvalue weighted by atomic mass is 31.3. The SMILES string of the molecule is C/C(CCNC(=O)[C@H](O)C(C)(C)COP(=O)(O)OP(=O)(O)OCC1OC(n2cnc3c(N)ncnc32)C(O)C1OP(=O)(O)O)=N\OC(C)(C)C. The molecule has 50 heavy (non-hydrogen) atoms. The number of phosphoric ester groups is 3. The molecule has 2 aromatic rings. The molecule has 1 amide bonds. The zero-order valence-corrected chi connectivity index (χ0v) is 30.5. The van der Waals surface area contributed by atoms with Crippen LogP contribution in [0.15, 0.2) is 17.8 Å². The number of carbonyl (C=O) groups is 1. The molecule has 26 heteroatoms. The van der Waals surface area contributed by atoms with Gasteiger partial charge in [-0.3, -0.25) is 22.9 Å². The first kappa shape index (κ1) is 42.0. The fourth-order valence-corrected chi connectivity index (χ4v) is 7.01. The molecule has 0 aromatic carbocycles. The van der Waals surface area contributed by atoms with Crippen LogP contribution in [0.1, 0.15) is 54.2 Å². The molecule has 0 spiro atoms. The summed E-state index contributed by atoms with van der Waals surface area (Å²) in [5.74, 6) is -0.880. The minimum Gasteiger partial charge on any atom is -0.390 e. The third-order valence-electron chi connectivity index (χ3n) is 6.69. The number of fused-ring (bicyclic) bond motifs is 1. The molecule has 284 valence electrons. The van der Waals surface area contributed by atoms with Crippen molar-refractivity contribution in [3.8, 4) is 0 Å². The van der Waals surface area contributed by atoms with Gasteiger partial charge in [0.15, 0.2) is 17.7 Å². The number of nitrogen functional groups attached to an aromatic ring is 1. The predicted molar refractivity (Wildman–Crippen MR) is 171 cm³/mol. The lowest BCUT2D eigenvalue weighted by molar-refractivity contribution is -0.136. The highest BCUT2D eigenvalue weighted by Crippen LogP contribution is 2.61. The summed E-state index contributed by atoms with van der Waals surface area (Å²) in [5, 5.41) is 27.8. The fourth-order valence-electron chi connectivity index (χ4n) is 4.18. The third kappa shape index (κ3) is 12.1. The van der Waals surface area contributed by atoms with Crippen LogP contribution in [0.2, 0.25) is 0 Å². The summed E-state index contributed by atoms with van der Waals surface area (Å²) in [6.45, 7) is 7.87. The molecule has 0 aliphatic carbocycles. The summed E-state index contributed by atoms with van der Waals surface area (Å²) in [6.07, 6.45) is -6.23. The van der Waals surface area contributed by atoms with Crippen LogP contribution in [0, 0.1) is 5.41 Å². The van der Waals surface area contributed by atoms with Gasteiger partial charge in [-0.25, -0.2) is 28.6 Å². The second-order valence-corrected chi connectivity index (χ2v) is 17.0. The maximum absolute atomic E-state index is 12.6. The number of aromatic nitrogens is 4. The van der Waals surface area contributed by atoms with Crippen LogP contribution in [0.4, 0.5) is 5.82 Å². The average Bonchev–Trinajstić information content (AvgIpc) is 3.53. The monoisotopic (exact) mass is 777 g/mol. The predicted octanol–water partition coefficient (Wildman–Crippen LogP) is 0.480. The molecule has 0 saturated carbocycles. The van der Waals surface area contributed by atoms with E-state index in [1.54, 1.807) is 6.92 Å². The van der Waals surface area contributed by atoms with E-state index in [2.05, 4.69) is 34.3 Å². The van der Waals surface area contributed by atoms with Crippen molar-refractivity contribution in [2.24, 2.45) is 10.6 Å². The van der Waals surface area contributed by atoms with Crippen LogP contribution in [-0.4, -0.2) is 111 Å². The van der Waals surface area contributed by atoms with Crippen LogP contribution >= 0.6 is 23.5 Å². The standard InChI is InChI=1S/C24H42N7O16P3/c1-13(30-46-23(2,3)4)7-8-26-21(34)18(33)24(5,6)10-43-50(40,41)47-49(38,39)42-9-14-17(45-48(35,36)37)16(32)22(44-14)31-12-29-15-19(25)27-11-28-20(15)31/h11-12,14,16-18,22,32-33H,7-10H2,1-6H3,(H,26,34)(H,38,39)(H,40,41)(H2,25,27,28)(H2,35,36,37)/b30-13+/t14?,16?,17?,18-,22?/m0/s1. The molecule has 0 radical (unpaired) electrons. The normalized spacial score (nSPS) is 23.7. The maximum atomic E-state index is 12.6. The van der Waals surface area contributed by atoms with Gasteiger partial charge in [-0.05, 0) is 27.7 Å². The molecule has 0 bridgehead atoms. The lowest BCUT2D eigenvalue weighted by Crippen LogP contribution is -2.46. The highest BCUT2D eigenvalue weighted by molar-refractivity contribution is 7.61. The zero-order chi connectivity index (χ0) is 37.9. The van der Waals surface area contributed by atoms with Crippen LogP contribution in [0.5, 0.6) is 0 Å². The van der Waals surface area contributed by atoms with E-state index in [1.807, 2.05) is 20.8 Å². The van der Waals surface area contributed by atoms with Crippen molar-refractivity contribution >= 4 is 52.1 Å². The first-order valence-electron chi connectivity index (χ1n) is 14.6. The number of anilines is 1. The number of rotatable bonds is 17. The van der Waals surface area contributed by atoms with E-state index in [4.69, 9.17) is 24.4 Å². The minimum absolute atomic E-state index is 0.0294. The number of carbonyl (C=O) groups excluding carboxylic acids is 1. The summed E-state index contributed by atoms with van der Waals surface area (Å²) in [7, 11) is -16.3. The molecular weight excluding hydrogens is 735 g/mol. The third-order valence-corrected chi connectivity index (χ3v) is 9.79. The Hall–Kier alpha value is -2.46. The number of aliphatic hydroxyl groups is 2. The summed E-state index contributed by atoms with van der Waals surface area (Å²) in [4.78, 5) is 68.6. The summed E-state index contributed by atoms with van der Waals surface area (Å²) in [6, 6.07) is 0. The van der Waals surface area contributed by atoms with Crippen molar-refractivity contribution in [1.82, 2.24) is 24.8 Å². The molecule has 23 nitrogen and oxygen atoms in total. The van der Waals surface area contributed by atoms with Gasteiger partial charge >= 0.3 is 23.5 Å². The van der Waals surface area contributed by atoms with Crippen molar-refractivity contribution in [3.63, 3.8) is 0 Å². The van der Waals surface area contributed by atoms with Crippen LogP contribution in [0.25, 0.3) is 11.2 Å². The Kier molecular flexibility index (Phi) is 13.5. The van der Waals surface area contributed by atoms with E-state index in [0.29, 0.717) is 12.1 Å². The van der Waals surface area contributed by atoms with E-state index < -0.39 is 84.2 Å². The van der Waals surface area contributed by atoms with Gasteiger partial charge in [-0.2, -0.15) is 4.31 Å². The topological polar surface area (TPSA) is 339 Å². The molecular formula is C24H42N7O16P3. The number of aliphatic hydroxyl groups excluding tert-OH is 2. The van der Waals surface area contributed by atoms with Gasteiger partial charge in [0.05, 0.1) is 25.3 Å². The van der Waals surface area contributed by atoms with Gasteiger partial charge in [0, 0.05) is 18.4 Å². The summed E-state index contributed by atoms with van der Waals surface area (Å²) >= 11 is 0. The van der Waals surface area contributed by atoms with Gasteiger partial charge in [-0.1, -0.05) is 19.0 Å². The van der Waals surface area contributed by atoms with Crippen molar-refractivity contribution in [2.75, 3.05) is 25.5 Å². The Morgan fingerprint density at radius 3 is 2.36 bits per heavy atom. The Labute approximate surface area is 285 Å². The molecule has 3 rings (SSSR count). The molecule has 6 unspecified atom stereocenters. The lowest BCUT2D eigenvalue weighted by atomic mass is 9.87. The number of imidazole rings is 1. The minimum atomic E-state index is -5.52. The number of ether oxygens (including phenoxy) is 1. The largest absolute Gasteiger partial charge is 0.481 e. The summed E-state index contributed by atoms with van der Waals surface area (Å²) < 4.78 is 62.0. The molecule has 1 fully saturated rings. The second-order valence-electron chi connectivity index (χ2n) is 12.7. The van der Waals surface area contributed by atoms with E-state index in [1.165, 1.54) is 13.8 Å². The van der Waals surface area contributed by atoms with E-state index >= 15 is 0 Å². The smallest absolute Gasteiger partial charge is 0.390 e. The van der Waals surface area contributed by atoms with Crippen molar-refractivity contribution in [3.05, 3.63) is 12.7 Å². The van der Waals surface area contributed by atoms with Gasteiger partial charge in [0.25, 0.3) is 0 Å². The van der Waals surface area contributed by atoms with Crippen LogP contribution < -0.4 is 11.1 Å². The second kappa shape index (κ2) is 16.1. The first-order valence-corrected chi connectivity index (χ1v) is 19.2. The number of nitrogens with two attached hydrogens (primary N) is 1. The molecule has 3 heterocycles. The van der Waals surface area contributed by atoms with Gasteiger partial charge in [0.1, 0.15) is 41.9 Å². The molecule has 2 aromatic heterocycles. The number of nitrogens with zero attached hydrogens (tertiary/aromatic N) is 5. The number of hydrogen-bond donors (Lipinski definition) is 8. The first-order chi connectivity index (χ1) is 22.8. The lowest BCUT2D eigenvalue weighted by Gasteiger charge is -2.30. The number of hydrogen-bond acceptors (Lipinski definition) is 17. The number of oxime groups is 1.